The minimum absolute atomic E-state index is 0.134. The molecule has 1 aromatic heterocycles. The Balaban J connectivity index is 1.84. The van der Waals surface area contributed by atoms with E-state index in [0.717, 1.165) is 11.8 Å². The molecule has 3 rings (SSSR count). The predicted octanol–water partition coefficient (Wildman–Crippen LogP) is 3.58. The van der Waals surface area contributed by atoms with Crippen LogP contribution in [-0.4, -0.2) is 19.3 Å². The maximum absolute atomic E-state index is 13.7. The number of para-hydroxylation sites is 1. The molecule has 0 saturated carbocycles. The molecule has 138 valence electrons. The Morgan fingerprint density at radius 3 is 2.48 bits per heavy atom. The Hall–Kier alpha value is -3.26. The molecule has 0 aliphatic carbocycles. The summed E-state index contributed by atoms with van der Waals surface area (Å²) in [6.07, 6.45) is 0. The van der Waals surface area contributed by atoms with Crippen molar-refractivity contribution in [2.75, 3.05) is 10.0 Å². The number of carbonyl (C=O) groups is 1. The van der Waals surface area contributed by atoms with Gasteiger partial charge in [-0.25, -0.2) is 17.8 Å². The van der Waals surface area contributed by atoms with Crippen molar-refractivity contribution in [2.24, 2.45) is 0 Å². The quantitative estimate of drug-likeness (QED) is 0.703. The lowest BCUT2D eigenvalue weighted by atomic mass is 10.2. The monoisotopic (exact) mass is 385 g/mol. The van der Waals surface area contributed by atoms with E-state index in [9.17, 15) is 17.6 Å². The van der Waals surface area contributed by atoms with Gasteiger partial charge in [0.2, 0.25) is 0 Å². The van der Waals surface area contributed by atoms with Gasteiger partial charge in [-0.1, -0.05) is 24.3 Å². The molecule has 1 amide bonds. The van der Waals surface area contributed by atoms with E-state index in [0.29, 0.717) is 5.82 Å². The molecule has 0 saturated heterocycles. The van der Waals surface area contributed by atoms with Crippen LogP contribution in [0.3, 0.4) is 0 Å². The summed E-state index contributed by atoms with van der Waals surface area (Å²) in [4.78, 5) is 16.4. The van der Waals surface area contributed by atoms with Gasteiger partial charge in [-0.2, -0.15) is 0 Å². The van der Waals surface area contributed by atoms with E-state index in [1.165, 1.54) is 42.5 Å². The van der Waals surface area contributed by atoms with Crippen LogP contribution in [0.25, 0.3) is 0 Å². The van der Waals surface area contributed by atoms with E-state index in [1.807, 2.05) is 0 Å². The summed E-state index contributed by atoms with van der Waals surface area (Å²) in [5, 5.41) is 2.61. The molecule has 0 atom stereocenters. The van der Waals surface area contributed by atoms with Crippen molar-refractivity contribution in [3.8, 4) is 0 Å². The average Bonchev–Trinajstić information content (AvgIpc) is 2.64. The van der Waals surface area contributed by atoms with Crippen LogP contribution in [0.4, 0.5) is 15.9 Å². The van der Waals surface area contributed by atoms with E-state index in [4.69, 9.17) is 0 Å². The molecule has 6 nitrogen and oxygen atoms in total. The maximum atomic E-state index is 13.7. The van der Waals surface area contributed by atoms with Gasteiger partial charge < -0.3 is 5.32 Å². The van der Waals surface area contributed by atoms with Crippen molar-refractivity contribution in [2.45, 2.75) is 11.8 Å². The summed E-state index contributed by atoms with van der Waals surface area (Å²) < 4.78 is 40.9. The lowest BCUT2D eigenvalue weighted by Gasteiger charge is -2.10. The highest BCUT2D eigenvalue weighted by molar-refractivity contribution is 7.92. The molecule has 2 N–H and O–H groups in total. The van der Waals surface area contributed by atoms with Crippen molar-refractivity contribution >= 4 is 27.4 Å². The number of carbonyl (C=O) groups excluding carboxylic acids is 1. The number of benzene rings is 2. The molecule has 0 fully saturated rings. The van der Waals surface area contributed by atoms with E-state index < -0.39 is 21.7 Å². The number of nitrogens with one attached hydrogen (secondary N) is 2. The third kappa shape index (κ3) is 4.48. The number of aromatic nitrogens is 1. The first kappa shape index (κ1) is 18.5. The fourth-order valence-electron chi connectivity index (χ4n) is 2.35. The van der Waals surface area contributed by atoms with Gasteiger partial charge in [-0.3, -0.25) is 9.52 Å². The van der Waals surface area contributed by atoms with Crippen LogP contribution in [0.5, 0.6) is 0 Å². The minimum atomic E-state index is -4.06. The Kier molecular flexibility index (Phi) is 5.18. The Morgan fingerprint density at radius 1 is 1.00 bits per heavy atom. The number of hydrogen-bond acceptors (Lipinski definition) is 4. The molecule has 0 aliphatic heterocycles. The summed E-state index contributed by atoms with van der Waals surface area (Å²) in [5.74, 6) is -0.839. The molecule has 0 unspecified atom stereocenters. The van der Waals surface area contributed by atoms with Crippen LogP contribution >= 0.6 is 0 Å². The number of nitrogens with zero attached hydrogens (tertiary/aromatic N) is 1. The number of hydrogen-bond donors (Lipinski definition) is 2. The lowest BCUT2D eigenvalue weighted by molar-refractivity contribution is 0.102. The third-order valence-corrected chi connectivity index (χ3v) is 5.02. The summed E-state index contributed by atoms with van der Waals surface area (Å²) >= 11 is 0. The zero-order valence-electron chi connectivity index (χ0n) is 14.3. The Morgan fingerprint density at radius 2 is 1.74 bits per heavy atom. The van der Waals surface area contributed by atoms with Crippen molar-refractivity contribution in [1.29, 1.82) is 0 Å². The lowest BCUT2D eigenvalue weighted by Crippen LogP contribution is -2.17. The fraction of sp³-hybridized carbons (Fsp3) is 0.0526. The van der Waals surface area contributed by atoms with E-state index in [1.54, 1.807) is 25.1 Å². The fourth-order valence-corrected chi connectivity index (χ4v) is 3.47. The van der Waals surface area contributed by atoms with Crippen LogP contribution in [-0.2, 0) is 10.0 Å². The molecule has 0 radical (unpaired) electrons. The molecule has 2 aromatic carbocycles. The van der Waals surface area contributed by atoms with Crippen LogP contribution in [0.1, 0.15) is 16.1 Å². The zero-order valence-corrected chi connectivity index (χ0v) is 15.1. The van der Waals surface area contributed by atoms with E-state index in [-0.39, 0.29) is 16.1 Å². The van der Waals surface area contributed by atoms with Gasteiger partial charge in [0.25, 0.3) is 15.9 Å². The Labute approximate surface area is 156 Å². The van der Waals surface area contributed by atoms with Gasteiger partial charge >= 0.3 is 0 Å². The summed E-state index contributed by atoms with van der Waals surface area (Å²) in [6, 6.07) is 16.1. The standard InChI is InChI=1S/C19H16FN3O3S/c1-13-6-4-11-18(21-13)22-19(24)14-7-5-8-15(12-14)27(25,26)23-17-10-3-2-9-16(17)20/h2-12,23H,1H3,(H,21,22,24). The normalized spacial score (nSPS) is 11.0. The highest BCUT2D eigenvalue weighted by Gasteiger charge is 2.18. The highest BCUT2D eigenvalue weighted by Crippen LogP contribution is 2.20. The molecular weight excluding hydrogens is 369 g/mol. The number of rotatable bonds is 5. The highest BCUT2D eigenvalue weighted by atomic mass is 32.2. The van der Waals surface area contributed by atoms with Gasteiger partial charge in [0, 0.05) is 11.3 Å². The number of sulfonamides is 1. The molecule has 27 heavy (non-hydrogen) atoms. The SMILES string of the molecule is Cc1cccc(NC(=O)c2cccc(S(=O)(=O)Nc3ccccc3F)c2)n1. The van der Waals surface area contributed by atoms with Crippen molar-refractivity contribution in [3.63, 3.8) is 0 Å². The molecule has 0 aliphatic rings. The van der Waals surface area contributed by atoms with Crippen molar-refractivity contribution < 1.29 is 17.6 Å². The first-order valence-electron chi connectivity index (χ1n) is 7.97. The van der Waals surface area contributed by atoms with Gasteiger partial charge in [-0.15, -0.1) is 0 Å². The smallest absolute Gasteiger partial charge is 0.262 e. The second-order valence-electron chi connectivity index (χ2n) is 5.73. The summed E-state index contributed by atoms with van der Waals surface area (Å²) in [5.41, 5.74) is 0.698. The number of aryl methyl sites for hydroxylation is 1. The number of anilines is 2. The first-order valence-corrected chi connectivity index (χ1v) is 9.46. The van der Waals surface area contributed by atoms with Gasteiger partial charge in [-0.05, 0) is 49.4 Å². The number of pyridine rings is 1. The summed E-state index contributed by atoms with van der Waals surface area (Å²) in [6.45, 7) is 1.79. The van der Waals surface area contributed by atoms with Crippen molar-refractivity contribution in [1.82, 2.24) is 4.98 Å². The van der Waals surface area contributed by atoms with Crippen LogP contribution < -0.4 is 10.0 Å². The summed E-state index contributed by atoms with van der Waals surface area (Å²) in [7, 11) is -4.06. The average molecular weight is 385 g/mol. The Bertz CT molecular complexity index is 1100. The predicted molar refractivity (Wildman–Crippen MR) is 101 cm³/mol. The topological polar surface area (TPSA) is 88.2 Å². The zero-order chi connectivity index (χ0) is 19.4. The third-order valence-electron chi connectivity index (χ3n) is 3.65. The van der Waals surface area contributed by atoms with Crippen molar-refractivity contribution in [3.05, 3.63) is 83.8 Å². The van der Waals surface area contributed by atoms with Gasteiger partial charge in [0.1, 0.15) is 11.6 Å². The number of halogens is 1. The number of amides is 1. The molecular formula is C19H16FN3O3S. The van der Waals surface area contributed by atoms with Crippen LogP contribution in [0.15, 0.2) is 71.6 Å². The maximum Gasteiger partial charge on any atom is 0.262 e. The van der Waals surface area contributed by atoms with Crippen LogP contribution in [0.2, 0.25) is 0 Å². The van der Waals surface area contributed by atoms with Crippen LogP contribution in [0, 0.1) is 12.7 Å². The second kappa shape index (κ2) is 7.55. The van der Waals surface area contributed by atoms with Gasteiger partial charge in [0.15, 0.2) is 0 Å². The van der Waals surface area contributed by atoms with E-state index in [2.05, 4.69) is 15.0 Å². The second-order valence-corrected chi connectivity index (χ2v) is 7.41. The molecule has 8 heteroatoms. The molecule has 1 heterocycles. The van der Waals surface area contributed by atoms with Gasteiger partial charge in [0.05, 0.1) is 10.6 Å². The minimum Gasteiger partial charge on any atom is -0.307 e. The van der Waals surface area contributed by atoms with E-state index >= 15 is 0 Å². The molecule has 0 spiro atoms. The molecule has 3 aromatic rings. The molecule has 0 bridgehead atoms. The largest absolute Gasteiger partial charge is 0.307 e. The first-order chi connectivity index (χ1) is 12.8.